The normalized spacial score (nSPS) is 13.1. The first-order valence-electron chi connectivity index (χ1n) is 6.77. The van der Waals surface area contributed by atoms with Gasteiger partial charge in [-0.05, 0) is 48.6 Å². The Morgan fingerprint density at radius 2 is 2.15 bits per heavy atom. The van der Waals surface area contributed by atoms with Crippen molar-refractivity contribution in [3.05, 3.63) is 53.0 Å². The fraction of sp³-hybridized carbons (Fsp3) is 0.312. The molecule has 0 radical (unpaired) electrons. The summed E-state index contributed by atoms with van der Waals surface area (Å²) in [6, 6.07) is 8.18. The summed E-state index contributed by atoms with van der Waals surface area (Å²) in [5, 5.41) is 3.32. The SMILES string of the molecule is COC(=O)c1coc(CNc2ccc3c(c2)CCC3)c1. The molecule has 0 saturated carbocycles. The van der Waals surface area contributed by atoms with Crippen LogP contribution in [0.15, 0.2) is 34.9 Å². The largest absolute Gasteiger partial charge is 0.467 e. The van der Waals surface area contributed by atoms with Crippen LogP contribution in [0.3, 0.4) is 0 Å². The molecule has 0 saturated heterocycles. The molecule has 1 N–H and O–H groups in total. The Balaban J connectivity index is 1.64. The number of furan rings is 1. The molecule has 4 nitrogen and oxygen atoms in total. The Hall–Kier alpha value is -2.23. The third-order valence-corrected chi connectivity index (χ3v) is 3.64. The minimum absolute atomic E-state index is 0.377. The van der Waals surface area contributed by atoms with Gasteiger partial charge in [-0.15, -0.1) is 0 Å². The number of methoxy groups -OCH3 is 1. The van der Waals surface area contributed by atoms with Crippen molar-refractivity contribution in [2.24, 2.45) is 0 Å². The average Bonchev–Trinajstić information content (AvgIpc) is 3.12. The van der Waals surface area contributed by atoms with Crippen LogP contribution in [0.1, 0.15) is 33.7 Å². The number of rotatable bonds is 4. The van der Waals surface area contributed by atoms with Crippen molar-refractivity contribution in [3.8, 4) is 0 Å². The number of aryl methyl sites for hydroxylation is 2. The van der Waals surface area contributed by atoms with E-state index >= 15 is 0 Å². The standard InChI is InChI=1S/C16H17NO3/c1-19-16(18)13-8-15(20-10-13)9-17-14-6-5-11-3-2-4-12(11)7-14/h5-8,10,17H,2-4,9H2,1H3. The van der Waals surface area contributed by atoms with E-state index in [-0.39, 0.29) is 5.97 Å². The van der Waals surface area contributed by atoms with Crippen LogP contribution in [-0.2, 0) is 24.1 Å². The van der Waals surface area contributed by atoms with Crippen LogP contribution in [0.25, 0.3) is 0 Å². The van der Waals surface area contributed by atoms with E-state index in [9.17, 15) is 4.79 Å². The molecule has 1 aromatic heterocycles. The van der Waals surface area contributed by atoms with Gasteiger partial charge in [-0.3, -0.25) is 0 Å². The molecule has 20 heavy (non-hydrogen) atoms. The molecule has 0 bridgehead atoms. The number of anilines is 1. The van der Waals surface area contributed by atoms with Crippen LogP contribution in [0.4, 0.5) is 5.69 Å². The monoisotopic (exact) mass is 271 g/mol. The van der Waals surface area contributed by atoms with Gasteiger partial charge in [0.1, 0.15) is 12.0 Å². The first kappa shape index (κ1) is 12.8. The molecule has 0 fully saturated rings. The summed E-state index contributed by atoms with van der Waals surface area (Å²) < 4.78 is 9.98. The molecule has 2 aromatic rings. The second-order valence-electron chi connectivity index (χ2n) is 4.98. The molecule has 0 amide bonds. The lowest BCUT2D eigenvalue weighted by Gasteiger charge is -2.06. The number of esters is 1. The van der Waals surface area contributed by atoms with Crippen molar-refractivity contribution in [3.63, 3.8) is 0 Å². The van der Waals surface area contributed by atoms with Crippen LogP contribution in [0.2, 0.25) is 0 Å². The molecule has 104 valence electrons. The number of benzene rings is 1. The number of ether oxygens (including phenoxy) is 1. The van der Waals surface area contributed by atoms with Crippen LogP contribution in [0, 0.1) is 0 Å². The molecule has 4 heteroatoms. The number of nitrogens with one attached hydrogen (secondary N) is 1. The highest BCUT2D eigenvalue weighted by molar-refractivity contribution is 5.89. The molecule has 1 heterocycles. The van der Waals surface area contributed by atoms with Gasteiger partial charge >= 0.3 is 5.97 Å². The number of fused-ring (bicyclic) bond motifs is 1. The zero-order valence-corrected chi connectivity index (χ0v) is 11.4. The Labute approximate surface area is 117 Å². The highest BCUT2D eigenvalue weighted by atomic mass is 16.5. The summed E-state index contributed by atoms with van der Waals surface area (Å²) in [4.78, 5) is 11.3. The summed E-state index contributed by atoms with van der Waals surface area (Å²) in [5.74, 6) is 0.337. The summed E-state index contributed by atoms with van der Waals surface area (Å²) >= 11 is 0. The summed E-state index contributed by atoms with van der Waals surface area (Å²) in [6.07, 6.45) is 5.03. The Morgan fingerprint density at radius 3 is 3.00 bits per heavy atom. The van der Waals surface area contributed by atoms with Crippen LogP contribution in [-0.4, -0.2) is 13.1 Å². The summed E-state index contributed by atoms with van der Waals surface area (Å²) in [7, 11) is 1.36. The third-order valence-electron chi connectivity index (χ3n) is 3.64. The molecule has 0 unspecified atom stereocenters. The zero-order valence-electron chi connectivity index (χ0n) is 11.4. The molecule has 0 spiro atoms. The van der Waals surface area contributed by atoms with E-state index in [4.69, 9.17) is 4.42 Å². The highest BCUT2D eigenvalue weighted by Gasteiger charge is 2.12. The zero-order chi connectivity index (χ0) is 13.9. The highest BCUT2D eigenvalue weighted by Crippen LogP contribution is 2.25. The lowest BCUT2D eigenvalue weighted by atomic mass is 10.1. The first-order chi connectivity index (χ1) is 9.76. The summed E-state index contributed by atoms with van der Waals surface area (Å²) in [6.45, 7) is 0.551. The quantitative estimate of drug-likeness (QED) is 0.868. The lowest BCUT2D eigenvalue weighted by molar-refractivity contribution is 0.0600. The minimum atomic E-state index is -0.377. The van der Waals surface area contributed by atoms with Gasteiger partial charge in [-0.2, -0.15) is 0 Å². The van der Waals surface area contributed by atoms with E-state index in [2.05, 4.69) is 28.3 Å². The van der Waals surface area contributed by atoms with Gasteiger partial charge in [-0.25, -0.2) is 4.79 Å². The van der Waals surface area contributed by atoms with E-state index in [1.165, 1.54) is 37.3 Å². The maximum Gasteiger partial charge on any atom is 0.341 e. The van der Waals surface area contributed by atoms with Crippen LogP contribution in [0.5, 0.6) is 0 Å². The third kappa shape index (κ3) is 2.54. The van der Waals surface area contributed by atoms with Gasteiger partial charge < -0.3 is 14.5 Å². The second-order valence-corrected chi connectivity index (χ2v) is 4.98. The smallest absolute Gasteiger partial charge is 0.341 e. The maximum atomic E-state index is 11.3. The molecule has 1 aromatic carbocycles. The van der Waals surface area contributed by atoms with Crippen molar-refractivity contribution < 1.29 is 13.9 Å². The van der Waals surface area contributed by atoms with E-state index in [0.29, 0.717) is 17.9 Å². The van der Waals surface area contributed by atoms with E-state index < -0.39 is 0 Å². The molecule has 0 aliphatic heterocycles. The van der Waals surface area contributed by atoms with Gasteiger partial charge in [0.25, 0.3) is 0 Å². The van der Waals surface area contributed by atoms with Gasteiger partial charge in [0, 0.05) is 5.69 Å². The van der Waals surface area contributed by atoms with Gasteiger partial charge in [0.15, 0.2) is 0 Å². The molecule has 0 atom stereocenters. The van der Waals surface area contributed by atoms with Crippen molar-refractivity contribution in [1.29, 1.82) is 0 Å². The Morgan fingerprint density at radius 1 is 1.30 bits per heavy atom. The van der Waals surface area contributed by atoms with Gasteiger partial charge in [-0.1, -0.05) is 6.07 Å². The Kier molecular flexibility index (Phi) is 3.46. The average molecular weight is 271 g/mol. The number of carbonyl (C=O) groups is 1. The van der Waals surface area contributed by atoms with Crippen molar-refractivity contribution in [1.82, 2.24) is 0 Å². The second kappa shape index (κ2) is 5.41. The summed E-state index contributed by atoms with van der Waals surface area (Å²) in [5.41, 5.74) is 4.42. The predicted molar refractivity (Wildman–Crippen MR) is 75.8 cm³/mol. The van der Waals surface area contributed by atoms with Crippen molar-refractivity contribution in [2.75, 3.05) is 12.4 Å². The molecule has 3 rings (SSSR count). The minimum Gasteiger partial charge on any atom is -0.467 e. The van der Waals surface area contributed by atoms with Crippen molar-refractivity contribution in [2.45, 2.75) is 25.8 Å². The molecule has 1 aliphatic carbocycles. The fourth-order valence-corrected chi connectivity index (χ4v) is 2.57. The van der Waals surface area contributed by atoms with E-state index in [1.54, 1.807) is 6.07 Å². The lowest BCUT2D eigenvalue weighted by Crippen LogP contribution is -2.00. The van der Waals surface area contributed by atoms with E-state index in [1.807, 2.05) is 0 Å². The number of hydrogen-bond acceptors (Lipinski definition) is 4. The van der Waals surface area contributed by atoms with Gasteiger partial charge in [0.2, 0.25) is 0 Å². The van der Waals surface area contributed by atoms with Crippen LogP contribution < -0.4 is 5.32 Å². The van der Waals surface area contributed by atoms with Crippen LogP contribution >= 0.6 is 0 Å². The predicted octanol–water partition coefficient (Wildman–Crippen LogP) is 3.17. The molecular formula is C16H17NO3. The van der Waals surface area contributed by atoms with Crippen molar-refractivity contribution >= 4 is 11.7 Å². The van der Waals surface area contributed by atoms with Gasteiger partial charge in [0.05, 0.1) is 19.2 Å². The Bertz CT molecular complexity index is 630. The maximum absolute atomic E-state index is 11.3. The topological polar surface area (TPSA) is 51.5 Å². The van der Waals surface area contributed by atoms with E-state index in [0.717, 1.165) is 12.1 Å². The molecular weight excluding hydrogens is 254 g/mol. The molecule has 1 aliphatic rings. The number of hydrogen-bond donors (Lipinski definition) is 1. The number of carbonyl (C=O) groups excluding carboxylic acids is 1. The first-order valence-corrected chi connectivity index (χ1v) is 6.77. The fourth-order valence-electron chi connectivity index (χ4n) is 2.57.